The Labute approximate surface area is 115 Å². The van der Waals surface area contributed by atoms with Crippen molar-refractivity contribution in [1.29, 1.82) is 0 Å². The van der Waals surface area contributed by atoms with Gasteiger partial charge in [0.15, 0.2) is 0 Å². The molecule has 2 atom stereocenters. The molecule has 0 saturated heterocycles. The van der Waals surface area contributed by atoms with Crippen molar-refractivity contribution < 1.29 is 0 Å². The molecule has 2 N–H and O–H groups in total. The molecule has 2 nitrogen and oxygen atoms in total. The normalized spacial score (nSPS) is 23.3. The second kappa shape index (κ2) is 5.32. The molecule has 1 fully saturated rings. The molecule has 19 heavy (non-hydrogen) atoms. The lowest BCUT2D eigenvalue weighted by atomic mass is 10.0. The molecule has 0 spiro atoms. The van der Waals surface area contributed by atoms with Crippen LogP contribution in [0.3, 0.4) is 0 Å². The zero-order valence-corrected chi connectivity index (χ0v) is 11.5. The van der Waals surface area contributed by atoms with E-state index in [0.717, 1.165) is 6.54 Å². The van der Waals surface area contributed by atoms with Crippen molar-refractivity contribution in [2.24, 2.45) is 5.73 Å². The van der Waals surface area contributed by atoms with E-state index in [2.05, 4.69) is 54.4 Å². The van der Waals surface area contributed by atoms with Crippen LogP contribution in [0.4, 0.5) is 0 Å². The molecule has 0 heterocycles. The van der Waals surface area contributed by atoms with Gasteiger partial charge in [-0.3, -0.25) is 4.90 Å². The predicted molar refractivity (Wildman–Crippen MR) is 81.0 cm³/mol. The minimum absolute atomic E-state index is 0.347. The maximum absolute atomic E-state index is 6.20. The highest BCUT2D eigenvalue weighted by Gasteiger charge is 2.27. The second-order valence-electron chi connectivity index (χ2n) is 5.72. The molecule has 2 aromatic carbocycles. The van der Waals surface area contributed by atoms with Crippen LogP contribution in [0, 0.1) is 0 Å². The van der Waals surface area contributed by atoms with Gasteiger partial charge in [-0.05, 0) is 36.2 Å². The molecule has 1 saturated carbocycles. The van der Waals surface area contributed by atoms with Crippen LogP contribution in [0.2, 0.25) is 0 Å². The number of rotatable bonds is 3. The Morgan fingerprint density at radius 2 is 1.89 bits per heavy atom. The third-order valence-corrected chi connectivity index (χ3v) is 4.40. The SMILES string of the molecule is CN(Cc1cccc2ccccc12)C1CCCC1N. The van der Waals surface area contributed by atoms with E-state index >= 15 is 0 Å². The van der Waals surface area contributed by atoms with Crippen LogP contribution in [-0.4, -0.2) is 24.0 Å². The summed E-state index contributed by atoms with van der Waals surface area (Å²) in [7, 11) is 2.21. The number of nitrogens with zero attached hydrogens (tertiary/aromatic N) is 1. The lowest BCUT2D eigenvalue weighted by Gasteiger charge is -2.28. The number of fused-ring (bicyclic) bond motifs is 1. The van der Waals surface area contributed by atoms with Crippen molar-refractivity contribution in [2.75, 3.05) is 7.05 Å². The van der Waals surface area contributed by atoms with E-state index < -0.39 is 0 Å². The molecule has 0 bridgehead atoms. The number of hydrogen-bond donors (Lipinski definition) is 1. The summed E-state index contributed by atoms with van der Waals surface area (Å²) in [6.45, 7) is 0.986. The van der Waals surface area contributed by atoms with Crippen molar-refractivity contribution in [3.05, 3.63) is 48.0 Å². The lowest BCUT2D eigenvalue weighted by Crippen LogP contribution is -2.41. The average molecular weight is 254 g/mol. The highest BCUT2D eigenvalue weighted by molar-refractivity contribution is 5.85. The van der Waals surface area contributed by atoms with Crippen LogP contribution >= 0.6 is 0 Å². The fourth-order valence-corrected chi connectivity index (χ4v) is 3.33. The Hall–Kier alpha value is -1.38. The summed E-state index contributed by atoms with van der Waals surface area (Å²) in [4.78, 5) is 2.43. The smallest absolute Gasteiger partial charge is 0.0247 e. The molecule has 0 radical (unpaired) electrons. The molecular weight excluding hydrogens is 232 g/mol. The molecule has 100 valence electrons. The molecule has 0 amide bonds. The number of likely N-dealkylation sites (N-methyl/N-ethyl adjacent to an activating group) is 1. The van der Waals surface area contributed by atoms with Gasteiger partial charge >= 0.3 is 0 Å². The van der Waals surface area contributed by atoms with Gasteiger partial charge in [0.25, 0.3) is 0 Å². The maximum Gasteiger partial charge on any atom is 0.0247 e. The van der Waals surface area contributed by atoms with Gasteiger partial charge in [0.05, 0.1) is 0 Å². The first kappa shape index (κ1) is 12.6. The number of nitrogens with two attached hydrogens (primary N) is 1. The highest BCUT2D eigenvalue weighted by Crippen LogP contribution is 2.25. The van der Waals surface area contributed by atoms with E-state index in [1.54, 1.807) is 0 Å². The van der Waals surface area contributed by atoms with E-state index in [4.69, 9.17) is 5.73 Å². The molecule has 2 aromatic rings. The standard InChI is InChI=1S/C17H22N2/c1-19(17-11-5-10-16(17)18)12-14-8-4-7-13-6-2-3-9-15(13)14/h2-4,6-9,16-17H,5,10-12,18H2,1H3. The van der Waals surface area contributed by atoms with E-state index in [9.17, 15) is 0 Å². The Bertz CT molecular complexity index is 559. The van der Waals surface area contributed by atoms with E-state index in [0.29, 0.717) is 12.1 Å². The molecule has 1 aliphatic rings. The van der Waals surface area contributed by atoms with Crippen LogP contribution in [-0.2, 0) is 6.54 Å². The first-order valence-electron chi connectivity index (χ1n) is 7.18. The van der Waals surface area contributed by atoms with Gasteiger partial charge < -0.3 is 5.73 Å². The highest BCUT2D eigenvalue weighted by atomic mass is 15.1. The Morgan fingerprint density at radius 1 is 1.11 bits per heavy atom. The average Bonchev–Trinajstić information content (AvgIpc) is 2.85. The monoisotopic (exact) mass is 254 g/mol. The van der Waals surface area contributed by atoms with Crippen molar-refractivity contribution in [3.63, 3.8) is 0 Å². The minimum atomic E-state index is 0.347. The van der Waals surface area contributed by atoms with Crippen LogP contribution in [0.1, 0.15) is 24.8 Å². The zero-order valence-electron chi connectivity index (χ0n) is 11.5. The second-order valence-corrected chi connectivity index (χ2v) is 5.72. The topological polar surface area (TPSA) is 29.3 Å². The molecule has 2 heteroatoms. The van der Waals surface area contributed by atoms with Crippen LogP contribution in [0.15, 0.2) is 42.5 Å². The van der Waals surface area contributed by atoms with Gasteiger partial charge in [-0.15, -0.1) is 0 Å². The largest absolute Gasteiger partial charge is 0.326 e. The van der Waals surface area contributed by atoms with Gasteiger partial charge in [0.1, 0.15) is 0 Å². The molecule has 1 aliphatic carbocycles. The van der Waals surface area contributed by atoms with Gasteiger partial charge in [0, 0.05) is 18.6 Å². The summed E-state index contributed by atoms with van der Waals surface area (Å²) in [5.74, 6) is 0. The fraction of sp³-hybridized carbons (Fsp3) is 0.412. The minimum Gasteiger partial charge on any atom is -0.326 e. The summed E-state index contributed by atoms with van der Waals surface area (Å²) in [6, 6.07) is 16.1. The quantitative estimate of drug-likeness (QED) is 0.911. The van der Waals surface area contributed by atoms with Crippen molar-refractivity contribution in [1.82, 2.24) is 4.90 Å². The Kier molecular flexibility index (Phi) is 3.54. The first-order chi connectivity index (χ1) is 9.25. The third-order valence-electron chi connectivity index (χ3n) is 4.40. The molecule has 0 aromatic heterocycles. The summed E-state index contributed by atoms with van der Waals surface area (Å²) in [6.07, 6.45) is 3.68. The van der Waals surface area contributed by atoms with E-state index in [-0.39, 0.29) is 0 Å². The summed E-state index contributed by atoms with van der Waals surface area (Å²) >= 11 is 0. The molecule has 3 rings (SSSR count). The van der Waals surface area contributed by atoms with Crippen molar-refractivity contribution in [3.8, 4) is 0 Å². The van der Waals surface area contributed by atoms with E-state index in [1.165, 1.54) is 35.6 Å². The maximum atomic E-state index is 6.20. The van der Waals surface area contributed by atoms with Gasteiger partial charge in [-0.2, -0.15) is 0 Å². The van der Waals surface area contributed by atoms with Crippen LogP contribution < -0.4 is 5.73 Å². The molecule has 0 aliphatic heterocycles. The Morgan fingerprint density at radius 3 is 2.68 bits per heavy atom. The summed E-state index contributed by atoms with van der Waals surface area (Å²) in [5.41, 5.74) is 7.61. The molecule has 2 unspecified atom stereocenters. The first-order valence-corrected chi connectivity index (χ1v) is 7.18. The lowest BCUT2D eigenvalue weighted by molar-refractivity contribution is 0.221. The Balaban J connectivity index is 1.85. The van der Waals surface area contributed by atoms with E-state index in [1.807, 2.05) is 0 Å². The van der Waals surface area contributed by atoms with Crippen LogP contribution in [0.25, 0.3) is 10.8 Å². The van der Waals surface area contributed by atoms with Gasteiger partial charge in [-0.25, -0.2) is 0 Å². The zero-order chi connectivity index (χ0) is 13.2. The van der Waals surface area contributed by atoms with Crippen molar-refractivity contribution in [2.45, 2.75) is 37.9 Å². The predicted octanol–water partition coefficient (Wildman–Crippen LogP) is 3.15. The van der Waals surface area contributed by atoms with Crippen molar-refractivity contribution >= 4 is 10.8 Å². The fourth-order valence-electron chi connectivity index (χ4n) is 3.33. The third kappa shape index (κ3) is 2.51. The molecular formula is C17H22N2. The summed E-state index contributed by atoms with van der Waals surface area (Å²) < 4.78 is 0. The number of benzene rings is 2. The van der Waals surface area contributed by atoms with Gasteiger partial charge in [-0.1, -0.05) is 48.9 Å². The van der Waals surface area contributed by atoms with Crippen LogP contribution in [0.5, 0.6) is 0 Å². The van der Waals surface area contributed by atoms with Gasteiger partial charge in [0.2, 0.25) is 0 Å². The number of hydrogen-bond acceptors (Lipinski definition) is 2. The summed E-state index contributed by atoms with van der Waals surface area (Å²) in [5, 5.41) is 2.69.